The fourth-order valence-corrected chi connectivity index (χ4v) is 0.930. The maximum absolute atomic E-state index is 11.3. The van der Waals surface area contributed by atoms with Crippen LogP contribution >= 0.6 is 0 Å². The van der Waals surface area contributed by atoms with Crippen molar-refractivity contribution in [1.29, 1.82) is 0 Å². The number of carbonyl (C=O) groups is 2. The Morgan fingerprint density at radius 3 is 2.80 bits per heavy atom. The van der Waals surface area contributed by atoms with Gasteiger partial charge in [0.05, 0.1) is 13.5 Å². The highest BCUT2D eigenvalue weighted by Gasteiger charge is 2.07. The third kappa shape index (κ3) is 3.29. The number of esters is 1. The number of hydrogen-bond acceptors (Lipinski definition) is 4. The van der Waals surface area contributed by atoms with E-state index in [-0.39, 0.29) is 18.7 Å². The lowest BCUT2D eigenvalue weighted by molar-refractivity contribution is -0.140. The second kappa shape index (κ2) is 4.99. The van der Waals surface area contributed by atoms with Gasteiger partial charge >= 0.3 is 11.7 Å². The van der Waals surface area contributed by atoms with Gasteiger partial charge in [0, 0.05) is 12.7 Å². The number of rotatable bonds is 4. The zero-order valence-corrected chi connectivity index (χ0v) is 8.12. The van der Waals surface area contributed by atoms with Crippen molar-refractivity contribution in [3.63, 3.8) is 0 Å². The van der Waals surface area contributed by atoms with Crippen LogP contribution in [0, 0.1) is 0 Å². The number of carbonyl (C=O) groups excluding carboxylic acids is 2. The Bertz CT molecular complexity index is 406. The first-order chi connectivity index (χ1) is 7.13. The molecule has 7 heteroatoms. The van der Waals surface area contributed by atoms with Crippen molar-refractivity contribution >= 4 is 11.9 Å². The van der Waals surface area contributed by atoms with E-state index in [1.54, 1.807) is 0 Å². The van der Waals surface area contributed by atoms with Gasteiger partial charge in [-0.15, -0.1) is 0 Å². The topological polar surface area (TPSA) is 104 Å². The summed E-state index contributed by atoms with van der Waals surface area (Å²) in [6.07, 6.45) is 1.35. The molecule has 15 heavy (non-hydrogen) atoms. The third-order valence-electron chi connectivity index (χ3n) is 1.68. The molecule has 0 radical (unpaired) electrons. The Morgan fingerprint density at radius 1 is 1.53 bits per heavy atom. The summed E-state index contributed by atoms with van der Waals surface area (Å²) in [5, 5.41) is 2.45. The van der Waals surface area contributed by atoms with Crippen LogP contribution in [0.3, 0.4) is 0 Å². The van der Waals surface area contributed by atoms with Gasteiger partial charge in [0.1, 0.15) is 5.69 Å². The van der Waals surface area contributed by atoms with Crippen LogP contribution in [-0.2, 0) is 9.53 Å². The lowest BCUT2D eigenvalue weighted by atomic mass is 10.4. The van der Waals surface area contributed by atoms with Gasteiger partial charge in [-0.25, -0.2) is 4.79 Å². The predicted octanol–water partition coefficient (Wildman–Crippen LogP) is -1.00. The maximum atomic E-state index is 11.3. The van der Waals surface area contributed by atoms with Crippen molar-refractivity contribution in [1.82, 2.24) is 15.3 Å². The summed E-state index contributed by atoms with van der Waals surface area (Å²) < 4.78 is 4.39. The first kappa shape index (κ1) is 11.0. The van der Waals surface area contributed by atoms with Gasteiger partial charge in [-0.2, -0.15) is 0 Å². The minimum absolute atomic E-state index is 0.0941. The fraction of sp³-hybridized carbons (Fsp3) is 0.375. The van der Waals surface area contributed by atoms with Crippen LogP contribution in [0.2, 0.25) is 0 Å². The zero-order valence-electron chi connectivity index (χ0n) is 8.12. The van der Waals surface area contributed by atoms with Crippen LogP contribution < -0.4 is 11.0 Å². The van der Waals surface area contributed by atoms with Crippen molar-refractivity contribution in [2.45, 2.75) is 6.42 Å². The highest BCUT2D eigenvalue weighted by atomic mass is 16.5. The van der Waals surface area contributed by atoms with Gasteiger partial charge in [0.15, 0.2) is 0 Å². The van der Waals surface area contributed by atoms with Crippen LogP contribution in [0.15, 0.2) is 11.0 Å². The van der Waals surface area contributed by atoms with E-state index in [1.165, 1.54) is 13.3 Å². The molecule has 1 amide bonds. The minimum Gasteiger partial charge on any atom is -0.469 e. The van der Waals surface area contributed by atoms with E-state index in [2.05, 4.69) is 20.0 Å². The first-order valence-electron chi connectivity index (χ1n) is 4.26. The Morgan fingerprint density at radius 2 is 2.27 bits per heavy atom. The fourth-order valence-electron chi connectivity index (χ4n) is 0.930. The van der Waals surface area contributed by atoms with Gasteiger partial charge in [-0.3, -0.25) is 9.59 Å². The number of ether oxygens (including phenoxy) is 1. The molecular formula is C8H11N3O4. The average Bonchev–Trinajstić information content (AvgIpc) is 2.64. The molecule has 0 fully saturated rings. The van der Waals surface area contributed by atoms with E-state index >= 15 is 0 Å². The number of aromatic nitrogens is 2. The zero-order chi connectivity index (χ0) is 11.3. The lowest BCUT2D eigenvalue weighted by Crippen LogP contribution is -2.27. The summed E-state index contributed by atoms with van der Waals surface area (Å²) in [4.78, 5) is 37.2. The molecule has 1 aromatic rings. The summed E-state index contributed by atoms with van der Waals surface area (Å²) in [6, 6.07) is 0. The summed E-state index contributed by atoms with van der Waals surface area (Å²) in [6.45, 7) is 0.165. The molecule has 0 aromatic carbocycles. The van der Waals surface area contributed by atoms with Crippen LogP contribution in [0.5, 0.6) is 0 Å². The summed E-state index contributed by atoms with van der Waals surface area (Å²) in [5.74, 6) is -0.852. The molecule has 0 unspecified atom stereocenters. The molecule has 3 N–H and O–H groups in total. The number of H-pyrrole nitrogens is 2. The summed E-state index contributed by atoms with van der Waals surface area (Å²) in [5.41, 5.74) is -0.321. The van der Waals surface area contributed by atoms with Crippen LogP contribution in [0.1, 0.15) is 16.9 Å². The van der Waals surface area contributed by atoms with Crippen molar-refractivity contribution in [3.05, 3.63) is 22.4 Å². The van der Waals surface area contributed by atoms with Gasteiger partial charge in [0.2, 0.25) is 0 Å². The first-order valence-corrected chi connectivity index (χ1v) is 4.26. The Hall–Kier alpha value is -2.05. The molecule has 1 heterocycles. The van der Waals surface area contributed by atoms with E-state index in [0.29, 0.717) is 0 Å². The number of amides is 1. The normalized spacial score (nSPS) is 9.67. The second-order valence-electron chi connectivity index (χ2n) is 2.74. The van der Waals surface area contributed by atoms with Crippen LogP contribution in [0.25, 0.3) is 0 Å². The monoisotopic (exact) mass is 213 g/mol. The SMILES string of the molecule is COC(=O)CCNC(=O)c1c[nH]c(=O)[nH]1. The number of imidazole rings is 1. The smallest absolute Gasteiger partial charge is 0.323 e. The maximum Gasteiger partial charge on any atom is 0.323 e. The van der Waals surface area contributed by atoms with E-state index in [4.69, 9.17) is 0 Å². The predicted molar refractivity (Wildman–Crippen MR) is 50.4 cm³/mol. The lowest BCUT2D eigenvalue weighted by Gasteiger charge is -2.01. The third-order valence-corrected chi connectivity index (χ3v) is 1.68. The molecule has 0 aliphatic heterocycles. The van der Waals surface area contributed by atoms with E-state index < -0.39 is 17.6 Å². The summed E-state index contributed by atoms with van der Waals surface area (Å²) in [7, 11) is 1.27. The van der Waals surface area contributed by atoms with Crippen molar-refractivity contribution in [2.24, 2.45) is 0 Å². The molecule has 82 valence electrons. The molecular weight excluding hydrogens is 202 g/mol. The molecule has 0 aliphatic rings. The van der Waals surface area contributed by atoms with Gasteiger partial charge in [0.25, 0.3) is 5.91 Å². The highest BCUT2D eigenvalue weighted by molar-refractivity contribution is 5.92. The molecule has 0 spiro atoms. The molecule has 0 aliphatic carbocycles. The standard InChI is InChI=1S/C8H11N3O4/c1-15-6(12)2-3-9-7(13)5-4-10-8(14)11-5/h4H,2-3H2,1H3,(H,9,13)(H2,10,11,14). The molecule has 1 aromatic heterocycles. The minimum atomic E-state index is -0.451. The van der Waals surface area contributed by atoms with Crippen LogP contribution in [0.4, 0.5) is 0 Å². The van der Waals surface area contributed by atoms with Crippen molar-refractivity contribution in [3.8, 4) is 0 Å². The molecule has 7 nitrogen and oxygen atoms in total. The molecule has 1 rings (SSSR count). The Kier molecular flexibility index (Phi) is 3.67. The average molecular weight is 213 g/mol. The molecule has 0 atom stereocenters. The molecule has 0 saturated carbocycles. The quantitative estimate of drug-likeness (QED) is 0.558. The number of nitrogens with one attached hydrogen (secondary N) is 3. The second-order valence-corrected chi connectivity index (χ2v) is 2.74. The Balaban J connectivity index is 2.37. The molecule has 0 saturated heterocycles. The number of hydrogen-bond donors (Lipinski definition) is 3. The van der Waals surface area contributed by atoms with E-state index in [0.717, 1.165) is 0 Å². The Labute approximate surface area is 84.8 Å². The van der Waals surface area contributed by atoms with Gasteiger partial charge < -0.3 is 20.0 Å². The highest BCUT2D eigenvalue weighted by Crippen LogP contribution is 1.88. The number of methoxy groups -OCH3 is 1. The van der Waals surface area contributed by atoms with Crippen molar-refractivity contribution < 1.29 is 14.3 Å². The van der Waals surface area contributed by atoms with Crippen molar-refractivity contribution in [2.75, 3.05) is 13.7 Å². The van der Waals surface area contributed by atoms with E-state index in [9.17, 15) is 14.4 Å². The van der Waals surface area contributed by atoms with Crippen LogP contribution in [-0.4, -0.2) is 35.5 Å². The molecule has 0 bridgehead atoms. The number of aromatic amines is 2. The largest absolute Gasteiger partial charge is 0.469 e. The van der Waals surface area contributed by atoms with Gasteiger partial charge in [-0.05, 0) is 0 Å². The van der Waals surface area contributed by atoms with Gasteiger partial charge in [-0.1, -0.05) is 0 Å². The van der Waals surface area contributed by atoms with E-state index in [1.807, 2.05) is 0 Å². The summed E-state index contributed by atoms with van der Waals surface area (Å²) >= 11 is 0.